The van der Waals surface area contributed by atoms with Crippen molar-refractivity contribution in [3.63, 3.8) is 0 Å². The van der Waals surface area contributed by atoms with Crippen LogP contribution in [0.15, 0.2) is 0 Å². The molecule has 1 heterocycles. The molecule has 0 radical (unpaired) electrons. The number of rotatable bonds is 4. The van der Waals surface area contributed by atoms with Crippen LogP contribution in [0.2, 0.25) is 0 Å². The Labute approximate surface area is 258 Å². The van der Waals surface area contributed by atoms with Gasteiger partial charge in [0.2, 0.25) is 5.91 Å². The molecule has 0 aromatic heterocycles. The number of hydrogen-bond donors (Lipinski definition) is 2. The van der Waals surface area contributed by atoms with Crippen LogP contribution in [0.1, 0.15) is 141 Å². The third-order valence-electron chi connectivity index (χ3n) is 7.55. The number of hydroxylamine groups is 2. The zero-order valence-electron chi connectivity index (χ0n) is 24.4. The molecule has 3 amide bonds. The predicted molar refractivity (Wildman–Crippen MR) is 167 cm³/mol. The zero-order chi connectivity index (χ0) is 29.4. The van der Waals surface area contributed by atoms with Crippen molar-refractivity contribution in [3.05, 3.63) is 0 Å². The number of nitrogens with two attached hydrogens (primary N) is 1. The Bertz CT molecular complexity index is 685. The molecule has 1 aliphatic heterocycles. The van der Waals surface area contributed by atoms with Crippen LogP contribution in [0.25, 0.3) is 0 Å². The van der Waals surface area contributed by atoms with Crippen LogP contribution in [-0.4, -0.2) is 51.5 Å². The molecule has 40 heavy (non-hydrogen) atoms. The molecule has 3 aliphatic rings. The van der Waals surface area contributed by atoms with E-state index in [1.54, 1.807) is 0 Å². The van der Waals surface area contributed by atoms with E-state index in [9.17, 15) is 19.2 Å². The summed E-state index contributed by atoms with van der Waals surface area (Å²) in [5, 5.41) is 4.03. The number of amides is 3. The number of nitrogens with zero attached hydrogens (tertiary/aromatic N) is 1. The highest BCUT2D eigenvalue weighted by Crippen LogP contribution is 2.17. The Kier molecular flexibility index (Phi) is 22.8. The van der Waals surface area contributed by atoms with E-state index in [0.29, 0.717) is 22.5 Å². The number of carbonyl (C=O) groups is 4. The first kappa shape index (κ1) is 37.0. The monoisotopic (exact) mass is 693 g/mol. The van der Waals surface area contributed by atoms with Gasteiger partial charge in [0, 0.05) is 24.9 Å². The Morgan fingerprint density at radius 1 is 0.675 bits per heavy atom. The number of nitrogens with one attached hydrogen (secondary N) is 1. The van der Waals surface area contributed by atoms with E-state index in [2.05, 4.69) is 42.0 Å². The summed E-state index contributed by atoms with van der Waals surface area (Å²) in [7, 11) is 0. The van der Waals surface area contributed by atoms with Gasteiger partial charge in [-0.1, -0.05) is 135 Å². The molecular formula is C30H53Br2N3O5. The van der Waals surface area contributed by atoms with Crippen molar-refractivity contribution in [2.75, 3.05) is 10.7 Å². The zero-order valence-corrected chi connectivity index (χ0v) is 27.6. The molecule has 3 rings (SSSR count). The maximum absolute atomic E-state index is 11.3. The van der Waals surface area contributed by atoms with Crippen LogP contribution in [0.4, 0.5) is 0 Å². The fourth-order valence-corrected chi connectivity index (χ4v) is 5.46. The van der Waals surface area contributed by atoms with Crippen LogP contribution < -0.4 is 11.1 Å². The van der Waals surface area contributed by atoms with E-state index in [4.69, 9.17) is 5.73 Å². The van der Waals surface area contributed by atoms with Crippen molar-refractivity contribution < 1.29 is 24.0 Å². The van der Waals surface area contributed by atoms with Gasteiger partial charge in [0.15, 0.2) is 0 Å². The highest BCUT2D eigenvalue weighted by molar-refractivity contribution is 9.09. The molecule has 3 fully saturated rings. The molecule has 0 atom stereocenters. The minimum Gasteiger partial charge on any atom is -0.353 e. The van der Waals surface area contributed by atoms with Crippen LogP contribution >= 0.6 is 31.9 Å². The van der Waals surface area contributed by atoms with Crippen LogP contribution in [-0.2, 0) is 24.0 Å². The lowest BCUT2D eigenvalue weighted by Gasteiger charge is -2.17. The average molecular weight is 696 g/mol. The lowest BCUT2D eigenvalue weighted by Crippen LogP contribution is -2.35. The Morgan fingerprint density at radius 3 is 1.43 bits per heavy atom. The molecular weight excluding hydrogens is 642 g/mol. The molecule has 0 bridgehead atoms. The summed E-state index contributed by atoms with van der Waals surface area (Å²) in [5.74, 6) is -1.44. The van der Waals surface area contributed by atoms with Gasteiger partial charge in [0.25, 0.3) is 11.8 Å². The Balaban J connectivity index is 0.000000305. The quantitative estimate of drug-likeness (QED) is 0.242. The van der Waals surface area contributed by atoms with Crippen molar-refractivity contribution in [1.82, 2.24) is 10.4 Å². The maximum Gasteiger partial charge on any atom is 0.343 e. The van der Waals surface area contributed by atoms with Crippen molar-refractivity contribution in [2.24, 2.45) is 5.73 Å². The molecule has 10 heteroatoms. The summed E-state index contributed by atoms with van der Waals surface area (Å²) in [6.07, 6.45) is 27.2. The highest BCUT2D eigenvalue weighted by Gasteiger charge is 2.32. The topological polar surface area (TPSA) is 119 Å². The molecule has 2 saturated carbocycles. The number of imide groups is 1. The van der Waals surface area contributed by atoms with Gasteiger partial charge in [0.05, 0.1) is 5.33 Å². The average Bonchev–Trinajstić information content (AvgIpc) is 3.21. The van der Waals surface area contributed by atoms with Gasteiger partial charge in [-0.15, -0.1) is 5.06 Å². The normalized spacial score (nSPS) is 20.9. The predicted octanol–water partition coefficient (Wildman–Crippen LogP) is 7.00. The molecule has 0 unspecified atom stereocenters. The van der Waals surface area contributed by atoms with E-state index >= 15 is 0 Å². The maximum atomic E-state index is 11.3. The van der Waals surface area contributed by atoms with Gasteiger partial charge in [-0.3, -0.25) is 14.4 Å². The summed E-state index contributed by atoms with van der Waals surface area (Å²) in [4.78, 5) is 48.1. The van der Waals surface area contributed by atoms with Crippen molar-refractivity contribution in [1.29, 1.82) is 0 Å². The molecule has 232 valence electrons. The molecule has 3 N–H and O–H groups in total. The van der Waals surface area contributed by atoms with E-state index in [1.807, 2.05) is 0 Å². The first-order valence-corrected chi connectivity index (χ1v) is 17.8. The van der Waals surface area contributed by atoms with Crippen molar-refractivity contribution in [3.8, 4) is 0 Å². The molecule has 0 spiro atoms. The van der Waals surface area contributed by atoms with Crippen LogP contribution in [0.5, 0.6) is 0 Å². The standard InChI is InChI=1S/C13H24BrNO.C11H23N.C6H6BrNO4/c14-11-13(16)15-12-9-7-5-3-1-2-4-6-8-10-12;12-11-9-7-5-3-1-2-4-6-8-10-11;7-3-6(11)12-8-4(9)1-2-5(8)10/h12H,1-11H2,(H,15,16);11H,1-10,12H2;1-3H2. The fraction of sp³-hybridized carbons (Fsp3) is 0.867. The van der Waals surface area contributed by atoms with Gasteiger partial charge < -0.3 is 15.9 Å². The third kappa shape index (κ3) is 19.2. The number of hydrogen-bond acceptors (Lipinski definition) is 6. The molecule has 0 aromatic carbocycles. The Hall–Kier alpha value is -1.00. The second-order valence-electron chi connectivity index (χ2n) is 11.1. The summed E-state index contributed by atoms with van der Waals surface area (Å²) in [5.41, 5.74) is 5.98. The van der Waals surface area contributed by atoms with Gasteiger partial charge in [-0.2, -0.15) is 0 Å². The molecule has 2 aliphatic carbocycles. The van der Waals surface area contributed by atoms with Gasteiger partial charge in [-0.05, 0) is 25.7 Å². The van der Waals surface area contributed by atoms with Gasteiger partial charge in [0.1, 0.15) is 5.33 Å². The van der Waals surface area contributed by atoms with Crippen molar-refractivity contribution >= 4 is 55.6 Å². The summed E-state index contributed by atoms with van der Waals surface area (Å²) in [6, 6.07) is 0.922. The van der Waals surface area contributed by atoms with Crippen LogP contribution in [0, 0.1) is 0 Å². The number of carbonyl (C=O) groups excluding carboxylic acids is 4. The van der Waals surface area contributed by atoms with Gasteiger partial charge >= 0.3 is 5.97 Å². The summed E-state index contributed by atoms with van der Waals surface area (Å²) >= 11 is 6.04. The lowest BCUT2D eigenvalue weighted by atomic mass is 10.0. The van der Waals surface area contributed by atoms with Crippen molar-refractivity contribution in [2.45, 2.75) is 153 Å². The Morgan fingerprint density at radius 2 is 1.05 bits per heavy atom. The number of halogens is 2. The molecule has 8 nitrogen and oxygen atoms in total. The van der Waals surface area contributed by atoms with E-state index in [-0.39, 0.29) is 24.1 Å². The second kappa shape index (κ2) is 24.6. The SMILES string of the molecule is NC1CCCCCCCCCC1.O=C(CBr)NC1CCCCCCCCCC1.O=C(CBr)ON1C(=O)CCC1=O. The van der Waals surface area contributed by atoms with Gasteiger partial charge in [-0.25, -0.2) is 4.79 Å². The number of alkyl halides is 2. The first-order valence-electron chi connectivity index (χ1n) is 15.6. The fourth-order valence-electron chi connectivity index (χ4n) is 5.20. The molecule has 1 saturated heterocycles. The second-order valence-corrected chi connectivity index (χ2v) is 12.3. The van der Waals surface area contributed by atoms with E-state index < -0.39 is 17.8 Å². The lowest BCUT2D eigenvalue weighted by molar-refractivity contribution is -0.195. The smallest absolute Gasteiger partial charge is 0.343 e. The largest absolute Gasteiger partial charge is 0.353 e. The third-order valence-corrected chi connectivity index (χ3v) is 8.52. The van der Waals surface area contributed by atoms with E-state index in [0.717, 1.165) is 0 Å². The first-order chi connectivity index (χ1) is 19.4. The van der Waals surface area contributed by atoms with E-state index in [1.165, 1.54) is 128 Å². The highest BCUT2D eigenvalue weighted by atomic mass is 79.9. The summed E-state index contributed by atoms with van der Waals surface area (Å²) < 4.78 is 0. The minimum absolute atomic E-state index is 0.0376. The minimum atomic E-state index is -0.654. The summed E-state index contributed by atoms with van der Waals surface area (Å²) in [6.45, 7) is 0. The van der Waals surface area contributed by atoms with Crippen LogP contribution in [0.3, 0.4) is 0 Å². The molecule has 0 aromatic rings.